The van der Waals surface area contributed by atoms with Gasteiger partial charge in [0, 0.05) is 5.56 Å². The molecule has 0 unspecified atom stereocenters. The van der Waals surface area contributed by atoms with Gasteiger partial charge in [0.2, 0.25) is 0 Å². The molecule has 6 heteroatoms. The Balaban J connectivity index is 1.70. The van der Waals surface area contributed by atoms with E-state index in [-0.39, 0.29) is 12.3 Å². The van der Waals surface area contributed by atoms with Gasteiger partial charge in [-0.3, -0.25) is 0 Å². The fraction of sp³-hybridized carbons (Fsp3) is 0.211. The number of carbonyl (C=O) groups is 1. The minimum absolute atomic E-state index is 0.176. The molecule has 1 N–H and O–H groups in total. The van der Waals surface area contributed by atoms with E-state index in [2.05, 4.69) is 34.5 Å². The summed E-state index contributed by atoms with van der Waals surface area (Å²) < 4.78 is 10.8. The average molecular weight is 337 g/mol. The van der Waals surface area contributed by atoms with Crippen molar-refractivity contribution in [2.24, 2.45) is 0 Å². The maximum atomic E-state index is 11.9. The number of aromatic amines is 1. The van der Waals surface area contributed by atoms with Crippen molar-refractivity contribution in [1.82, 2.24) is 15.4 Å². The quantitative estimate of drug-likeness (QED) is 0.696. The first-order valence-electron chi connectivity index (χ1n) is 8.04. The first-order valence-corrected chi connectivity index (χ1v) is 8.04. The maximum Gasteiger partial charge on any atom is 0.361 e. The molecule has 1 heterocycles. The zero-order valence-corrected chi connectivity index (χ0v) is 14.2. The minimum Gasteiger partial charge on any atom is -0.489 e. The van der Waals surface area contributed by atoms with Gasteiger partial charge in [-0.05, 0) is 43.7 Å². The number of H-pyrrole nitrogens is 1. The molecule has 0 aliphatic heterocycles. The van der Waals surface area contributed by atoms with Gasteiger partial charge in [-0.2, -0.15) is 10.3 Å². The molecule has 0 atom stereocenters. The van der Waals surface area contributed by atoms with Crippen molar-refractivity contribution in [3.8, 4) is 17.0 Å². The van der Waals surface area contributed by atoms with E-state index < -0.39 is 5.97 Å². The highest BCUT2D eigenvalue weighted by Gasteiger charge is 2.18. The largest absolute Gasteiger partial charge is 0.489 e. The van der Waals surface area contributed by atoms with Crippen LogP contribution in [-0.4, -0.2) is 28.0 Å². The number of esters is 1. The average Bonchev–Trinajstić information content (AvgIpc) is 3.10. The second kappa shape index (κ2) is 7.61. The van der Waals surface area contributed by atoms with Crippen LogP contribution < -0.4 is 4.74 Å². The molecule has 6 nitrogen and oxygen atoms in total. The number of nitrogens with one attached hydrogen (secondary N) is 1. The van der Waals surface area contributed by atoms with Gasteiger partial charge in [0.05, 0.1) is 6.61 Å². The van der Waals surface area contributed by atoms with E-state index in [1.54, 1.807) is 6.92 Å². The van der Waals surface area contributed by atoms with E-state index in [0.717, 1.165) is 16.9 Å². The van der Waals surface area contributed by atoms with Crippen LogP contribution in [0.4, 0.5) is 0 Å². The lowest BCUT2D eigenvalue weighted by molar-refractivity contribution is 0.0520. The van der Waals surface area contributed by atoms with Gasteiger partial charge in [0.25, 0.3) is 0 Å². The molecule has 2 aromatic carbocycles. The predicted molar refractivity (Wildman–Crippen MR) is 93.3 cm³/mol. The first-order chi connectivity index (χ1) is 12.2. The summed E-state index contributed by atoms with van der Waals surface area (Å²) in [5.74, 6) is 0.248. The van der Waals surface area contributed by atoms with Crippen molar-refractivity contribution in [3.05, 3.63) is 65.4 Å². The normalized spacial score (nSPS) is 10.5. The second-order valence-electron chi connectivity index (χ2n) is 5.54. The second-order valence-corrected chi connectivity index (χ2v) is 5.54. The van der Waals surface area contributed by atoms with Crippen molar-refractivity contribution < 1.29 is 14.3 Å². The number of carbonyl (C=O) groups excluding carboxylic acids is 1. The summed E-state index contributed by atoms with van der Waals surface area (Å²) in [4.78, 5) is 11.9. The zero-order valence-electron chi connectivity index (χ0n) is 14.2. The van der Waals surface area contributed by atoms with Crippen molar-refractivity contribution in [3.63, 3.8) is 0 Å². The molecular weight excluding hydrogens is 318 g/mol. The highest BCUT2D eigenvalue weighted by Crippen LogP contribution is 2.23. The SMILES string of the molecule is CCOC(=O)c1n[nH]nc1-c1ccc(OCc2cccc(C)c2)cc1. The van der Waals surface area contributed by atoms with Crippen LogP contribution in [0.2, 0.25) is 0 Å². The van der Waals surface area contributed by atoms with Crippen molar-refractivity contribution in [2.75, 3.05) is 6.61 Å². The molecular formula is C19H19N3O3. The van der Waals surface area contributed by atoms with Gasteiger partial charge >= 0.3 is 5.97 Å². The lowest BCUT2D eigenvalue weighted by atomic mass is 10.1. The van der Waals surface area contributed by atoms with Gasteiger partial charge in [-0.1, -0.05) is 29.8 Å². The molecule has 0 spiro atoms. The molecule has 128 valence electrons. The van der Waals surface area contributed by atoms with Gasteiger partial charge in [0.15, 0.2) is 5.69 Å². The lowest BCUT2D eigenvalue weighted by Crippen LogP contribution is -2.06. The molecule has 0 radical (unpaired) electrons. The number of benzene rings is 2. The molecule has 0 amide bonds. The molecule has 0 saturated heterocycles. The Morgan fingerprint density at radius 2 is 1.92 bits per heavy atom. The third kappa shape index (κ3) is 4.03. The van der Waals surface area contributed by atoms with Crippen LogP contribution >= 0.6 is 0 Å². The number of hydrogen-bond acceptors (Lipinski definition) is 5. The van der Waals surface area contributed by atoms with Crippen LogP contribution in [0.3, 0.4) is 0 Å². The number of ether oxygens (including phenoxy) is 2. The Morgan fingerprint density at radius 1 is 1.12 bits per heavy atom. The molecule has 25 heavy (non-hydrogen) atoms. The summed E-state index contributed by atoms with van der Waals surface area (Å²) in [6.07, 6.45) is 0. The molecule has 0 bridgehead atoms. The summed E-state index contributed by atoms with van der Waals surface area (Å²) in [5.41, 5.74) is 3.72. The number of rotatable bonds is 6. The van der Waals surface area contributed by atoms with Crippen molar-refractivity contribution >= 4 is 5.97 Å². The summed E-state index contributed by atoms with van der Waals surface area (Å²) in [5, 5.41) is 10.4. The fourth-order valence-electron chi connectivity index (χ4n) is 2.45. The van der Waals surface area contributed by atoms with E-state index in [1.165, 1.54) is 5.56 Å². The van der Waals surface area contributed by atoms with Crippen LogP contribution in [0.25, 0.3) is 11.3 Å². The molecule has 0 fully saturated rings. The van der Waals surface area contributed by atoms with Crippen LogP contribution in [0, 0.1) is 6.92 Å². The van der Waals surface area contributed by atoms with Crippen molar-refractivity contribution in [2.45, 2.75) is 20.5 Å². The van der Waals surface area contributed by atoms with Crippen LogP contribution in [0.1, 0.15) is 28.5 Å². The van der Waals surface area contributed by atoms with Gasteiger partial charge < -0.3 is 9.47 Å². The molecule has 0 aliphatic carbocycles. The zero-order chi connectivity index (χ0) is 17.6. The topological polar surface area (TPSA) is 77.1 Å². The van der Waals surface area contributed by atoms with E-state index in [9.17, 15) is 4.79 Å². The highest BCUT2D eigenvalue weighted by molar-refractivity contribution is 5.93. The summed E-state index contributed by atoms with van der Waals surface area (Å²) in [6.45, 7) is 4.59. The van der Waals surface area contributed by atoms with Gasteiger partial charge in [0.1, 0.15) is 18.1 Å². The smallest absolute Gasteiger partial charge is 0.361 e. The van der Waals surface area contributed by atoms with E-state index in [1.807, 2.05) is 36.4 Å². The number of aryl methyl sites for hydroxylation is 1. The molecule has 1 aromatic heterocycles. The fourth-order valence-corrected chi connectivity index (χ4v) is 2.45. The molecule has 0 saturated carbocycles. The Labute approximate surface area is 145 Å². The monoisotopic (exact) mass is 337 g/mol. The third-order valence-corrected chi connectivity index (χ3v) is 3.63. The predicted octanol–water partition coefficient (Wildman–Crippen LogP) is 3.54. The number of hydrogen-bond donors (Lipinski definition) is 1. The molecule has 0 aliphatic rings. The first kappa shape index (κ1) is 16.7. The maximum absolute atomic E-state index is 11.9. The highest BCUT2D eigenvalue weighted by atomic mass is 16.5. The van der Waals surface area contributed by atoms with E-state index >= 15 is 0 Å². The molecule has 3 rings (SSSR count). The standard InChI is InChI=1S/C19H19N3O3/c1-3-24-19(23)18-17(20-22-21-18)15-7-9-16(10-8-15)25-12-14-6-4-5-13(2)11-14/h4-11H,3,12H2,1-2H3,(H,20,21,22). The summed E-state index contributed by atoms with van der Waals surface area (Å²) in [6, 6.07) is 15.6. The number of nitrogens with zero attached hydrogens (tertiary/aromatic N) is 2. The summed E-state index contributed by atoms with van der Waals surface area (Å²) >= 11 is 0. The van der Waals surface area contributed by atoms with Crippen LogP contribution in [0.15, 0.2) is 48.5 Å². The van der Waals surface area contributed by atoms with Gasteiger partial charge in [-0.25, -0.2) is 4.79 Å². The van der Waals surface area contributed by atoms with E-state index in [4.69, 9.17) is 9.47 Å². The third-order valence-electron chi connectivity index (χ3n) is 3.63. The van der Waals surface area contributed by atoms with Crippen LogP contribution in [0.5, 0.6) is 5.75 Å². The minimum atomic E-state index is -0.494. The van der Waals surface area contributed by atoms with Gasteiger partial charge in [-0.15, -0.1) is 5.10 Å². The molecule has 3 aromatic rings. The Hall–Kier alpha value is -3.15. The Bertz CT molecular complexity index is 856. The summed E-state index contributed by atoms with van der Waals surface area (Å²) in [7, 11) is 0. The Kier molecular flexibility index (Phi) is 5.09. The number of aromatic nitrogens is 3. The van der Waals surface area contributed by atoms with Crippen molar-refractivity contribution in [1.29, 1.82) is 0 Å². The lowest BCUT2D eigenvalue weighted by Gasteiger charge is -2.08. The van der Waals surface area contributed by atoms with E-state index in [0.29, 0.717) is 12.3 Å². The van der Waals surface area contributed by atoms with Crippen LogP contribution in [-0.2, 0) is 11.3 Å². The Morgan fingerprint density at radius 3 is 2.64 bits per heavy atom.